The maximum Gasteiger partial charge on any atom is 0.252 e. The van der Waals surface area contributed by atoms with Crippen LogP contribution in [0.15, 0.2) is 24.5 Å². The predicted molar refractivity (Wildman–Crippen MR) is 61.1 cm³/mol. The average Bonchev–Trinajstić information content (AvgIpc) is 2.29. The molecule has 1 heterocycles. The fourth-order valence-electron chi connectivity index (χ4n) is 1.17. The first-order chi connectivity index (χ1) is 7.70. The summed E-state index contributed by atoms with van der Waals surface area (Å²) in [6.07, 6.45) is 2.79. The van der Waals surface area contributed by atoms with Crippen molar-refractivity contribution in [1.82, 2.24) is 15.6 Å². The van der Waals surface area contributed by atoms with Crippen molar-refractivity contribution >= 4 is 5.91 Å². The lowest BCUT2D eigenvalue weighted by atomic mass is 10.3. The zero-order chi connectivity index (χ0) is 11.8. The summed E-state index contributed by atoms with van der Waals surface area (Å²) >= 11 is 0. The number of nitrogens with zero attached hydrogens (tertiary/aromatic N) is 1. The molecule has 1 aromatic rings. The average molecular weight is 223 g/mol. The van der Waals surface area contributed by atoms with Crippen molar-refractivity contribution in [2.24, 2.45) is 0 Å². The van der Waals surface area contributed by atoms with Crippen LogP contribution in [-0.4, -0.2) is 41.7 Å². The maximum absolute atomic E-state index is 11.5. The number of carbonyl (C=O) groups is 1. The predicted octanol–water partition coefficient (Wildman–Crippen LogP) is -0.218. The van der Waals surface area contributed by atoms with Gasteiger partial charge in [-0.3, -0.25) is 9.78 Å². The molecule has 1 aromatic heterocycles. The van der Waals surface area contributed by atoms with Crippen LogP contribution in [0, 0.1) is 0 Å². The molecule has 3 N–H and O–H groups in total. The van der Waals surface area contributed by atoms with Gasteiger partial charge in [0.1, 0.15) is 0 Å². The van der Waals surface area contributed by atoms with Crippen molar-refractivity contribution in [3.05, 3.63) is 30.1 Å². The third kappa shape index (κ3) is 4.86. The number of hydrogen-bond acceptors (Lipinski definition) is 4. The van der Waals surface area contributed by atoms with Crippen molar-refractivity contribution in [2.45, 2.75) is 13.0 Å². The third-order valence-electron chi connectivity index (χ3n) is 1.95. The third-order valence-corrected chi connectivity index (χ3v) is 1.95. The number of aromatic nitrogens is 1. The lowest BCUT2D eigenvalue weighted by molar-refractivity contribution is 0.0953. The van der Waals surface area contributed by atoms with Gasteiger partial charge in [0.15, 0.2) is 0 Å². The highest BCUT2D eigenvalue weighted by atomic mass is 16.3. The molecule has 0 radical (unpaired) electrons. The first-order valence-electron chi connectivity index (χ1n) is 5.27. The second-order valence-electron chi connectivity index (χ2n) is 3.55. The summed E-state index contributed by atoms with van der Waals surface area (Å²) in [6, 6.07) is 3.44. The zero-order valence-electron chi connectivity index (χ0n) is 9.31. The largest absolute Gasteiger partial charge is 0.392 e. The molecule has 0 aliphatic heterocycles. The molecule has 1 rings (SSSR count). The molecule has 0 saturated heterocycles. The van der Waals surface area contributed by atoms with Crippen LogP contribution in [0.25, 0.3) is 0 Å². The van der Waals surface area contributed by atoms with Crippen LogP contribution in [0.4, 0.5) is 0 Å². The molecule has 88 valence electrons. The summed E-state index contributed by atoms with van der Waals surface area (Å²) in [4.78, 5) is 15.4. The Kier molecular flexibility index (Phi) is 5.45. The lowest BCUT2D eigenvalue weighted by Gasteiger charge is -2.07. The van der Waals surface area contributed by atoms with Crippen LogP contribution in [0.2, 0.25) is 0 Å². The van der Waals surface area contributed by atoms with E-state index in [0.29, 0.717) is 25.2 Å². The summed E-state index contributed by atoms with van der Waals surface area (Å²) in [5.41, 5.74) is 0.554. The van der Waals surface area contributed by atoms with Gasteiger partial charge in [0, 0.05) is 32.0 Å². The van der Waals surface area contributed by atoms with Crippen molar-refractivity contribution < 1.29 is 9.90 Å². The summed E-state index contributed by atoms with van der Waals surface area (Å²) < 4.78 is 0. The van der Waals surface area contributed by atoms with Gasteiger partial charge < -0.3 is 15.7 Å². The SMILES string of the molecule is CC(O)CNCCNC(=O)c1cccnc1. The lowest BCUT2D eigenvalue weighted by Crippen LogP contribution is -2.34. The molecule has 0 aliphatic rings. The molecule has 0 bridgehead atoms. The Labute approximate surface area is 94.9 Å². The summed E-state index contributed by atoms with van der Waals surface area (Å²) in [5, 5.41) is 14.7. The molecule has 5 nitrogen and oxygen atoms in total. The molecule has 0 spiro atoms. The molecule has 5 heteroatoms. The van der Waals surface area contributed by atoms with Crippen molar-refractivity contribution in [3.8, 4) is 0 Å². The zero-order valence-corrected chi connectivity index (χ0v) is 9.31. The van der Waals surface area contributed by atoms with E-state index in [-0.39, 0.29) is 12.0 Å². The van der Waals surface area contributed by atoms with E-state index in [4.69, 9.17) is 5.11 Å². The van der Waals surface area contributed by atoms with Crippen LogP contribution in [-0.2, 0) is 0 Å². The minimum absolute atomic E-state index is 0.132. The Bertz CT molecular complexity index is 314. The second kappa shape index (κ2) is 6.92. The van der Waals surface area contributed by atoms with Gasteiger partial charge in [0.05, 0.1) is 11.7 Å². The van der Waals surface area contributed by atoms with Crippen LogP contribution in [0.3, 0.4) is 0 Å². The normalized spacial score (nSPS) is 12.1. The Morgan fingerprint density at radius 1 is 1.56 bits per heavy atom. The molecule has 1 amide bonds. The van der Waals surface area contributed by atoms with Crippen LogP contribution in [0.5, 0.6) is 0 Å². The van der Waals surface area contributed by atoms with Crippen LogP contribution in [0.1, 0.15) is 17.3 Å². The van der Waals surface area contributed by atoms with E-state index < -0.39 is 0 Å². The minimum atomic E-state index is -0.367. The quantitative estimate of drug-likeness (QED) is 0.583. The van der Waals surface area contributed by atoms with Gasteiger partial charge in [-0.2, -0.15) is 0 Å². The Hall–Kier alpha value is -1.46. The Morgan fingerprint density at radius 2 is 2.38 bits per heavy atom. The Balaban J connectivity index is 2.16. The number of pyridine rings is 1. The highest BCUT2D eigenvalue weighted by Gasteiger charge is 2.03. The second-order valence-corrected chi connectivity index (χ2v) is 3.55. The molecule has 0 aliphatic carbocycles. The highest BCUT2D eigenvalue weighted by Crippen LogP contribution is 1.93. The van der Waals surface area contributed by atoms with E-state index in [2.05, 4.69) is 15.6 Å². The molecule has 0 aromatic carbocycles. The highest BCUT2D eigenvalue weighted by molar-refractivity contribution is 5.93. The number of rotatable bonds is 6. The number of nitrogens with one attached hydrogen (secondary N) is 2. The topological polar surface area (TPSA) is 74.2 Å². The summed E-state index contributed by atoms with van der Waals surface area (Å²) in [7, 11) is 0. The minimum Gasteiger partial charge on any atom is -0.392 e. The molecular weight excluding hydrogens is 206 g/mol. The molecule has 0 fully saturated rings. The molecular formula is C11H17N3O2. The number of aliphatic hydroxyl groups is 1. The fourth-order valence-corrected chi connectivity index (χ4v) is 1.17. The van der Waals surface area contributed by atoms with Crippen LogP contribution >= 0.6 is 0 Å². The Morgan fingerprint density at radius 3 is 3.00 bits per heavy atom. The van der Waals surface area contributed by atoms with Gasteiger partial charge >= 0.3 is 0 Å². The summed E-state index contributed by atoms with van der Waals surface area (Å²) in [6.45, 7) is 3.40. The van der Waals surface area contributed by atoms with E-state index in [1.165, 1.54) is 6.20 Å². The maximum atomic E-state index is 11.5. The number of carbonyl (C=O) groups excluding carboxylic acids is 1. The standard InChI is InChI=1S/C11H17N3O2/c1-9(15)7-13-5-6-14-11(16)10-3-2-4-12-8-10/h2-4,8-9,13,15H,5-7H2,1H3,(H,14,16). The van der Waals surface area contributed by atoms with E-state index in [1.54, 1.807) is 25.3 Å². The van der Waals surface area contributed by atoms with Gasteiger partial charge in [-0.25, -0.2) is 0 Å². The van der Waals surface area contributed by atoms with Crippen molar-refractivity contribution in [1.29, 1.82) is 0 Å². The van der Waals surface area contributed by atoms with E-state index >= 15 is 0 Å². The van der Waals surface area contributed by atoms with Gasteiger partial charge in [-0.15, -0.1) is 0 Å². The first kappa shape index (κ1) is 12.6. The molecule has 0 saturated carbocycles. The van der Waals surface area contributed by atoms with Gasteiger partial charge in [0.25, 0.3) is 5.91 Å². The van der Waals surface area contributed by atoms with Gasteiger partial charge in [-0.05, 0) is 19.1 Å². The van der Waals surface area contributed by atoms with E-state index in [9.17, 15) is 4.79 Å². The first-order valence-corrected chi connectivity index (χ1v) is 5.27. The smallest absolute Gasteiger partial charge is 0.252 e. The number of hydrogen-bond donors (Lipinski definition) is 3. The van der Waals surface area contributed by atoms with Gasteiger partial charge in [-0.1, -0.05) is 0 Å². The van der Waals surface area contributed by atoms with E-state index in [1.807, 2.05) is 0 Å². The molecule has 1 unspecified atom stereocenters. The molecule has 1 atom stereocenters. The van der Waals surface area contributed by atoms with Crippen LogP contribution < -0.4 is 10.6 Å². The summed E-state index contributed by atoms with van der Waals surface area (Å²) in [5.74, 6) is -0.132. The molecule has 16 heavy (non-hydrogen) atoms. The van der Waals surface area contributed by atoms with Gasteiger partial charge in [0.2, 0.25) is 0 Å². The number of amides is 1. The van der Waals surface area contributed by atoms with E-state index in [0.717, 1.165) is 0 Å². The fraction of sp³-hybridized carbons (Fsp3) is 0.455. The van der Waals surface area contributed by atoms with Crippen molar-refractivity contribution in [2.75, 3.05) is 19.6 Å². The van der Waals surface area contributed by atoms with Crippen molar-refractivity contribution in [3.63, 3.8) is 0 Å². The number of aliphatic hydroxyl groups excluding tert-OH is 1. The monoisotopic (exact) mass is 223 g/mol.